The van der Waals surface area contributed by atoms with Crippen molar-refractivity contribution in [3.8, 4) is 6.07 Å². The van der Waals surface area contributed by atoms with Crippen LogP contribution in [0.5, 0.6) is 0 Å². The van der Waals surface area contributed by atoms with E-state index in [1.54, 1.807) is 6.07 Å². The molecule has 0 aliphatic rings. The van der Waals surface area contributed by atoms with Crippen molar-refractivity contribution in [1.29, 1.82) is 5.26 Å². The van der Waals surface area contributed by atoms with Gasteiger partial charge in [0.05, 0.1) is 17.3 Å². The van der Waals surface area contributed by atoms with Crippen LogP contribution in [0.1, 0.15) is 11.3 Å². The van der Waals surface area contributed by atoms with Gasteiger partial charge in [-0.25, -0.2) is 4.98 Å². The van der Waals surface area contributed by atoms with Gasteiger partial charge in [0.25, 0.3) is 0 Å². The van der Waals surface area contributed by atoms with Gasteiger partial charge in [0.1, 0.15) is 5.82 Å². The van der Waals surface area contributed by atoms with Crippen LogP contribution < -0.4 is 11.5 Å². The highest BCUT2D eigenvalue weighted by Gasteiger charge is 1.96. The smallest absolute Gasteiger partial charge is 0.124 e. The molecule has 0 saturated heterocycles. The third-order valence-corrected chi connectivity index (χ3v) is 1.24. The van der Waals surface area contributed by atoms with Crippen molar-refractivity contribution in [1.82, 2.24) is 4.98 Å². The van der Waals surface area contributed by atoms with Crippen LogP contribution in [0, 0.1) is 11.3 Å². The Labute approximate surface area is 64.5 Å². The van der Waals surface area contributed by atoms with Crippen LogP contribution in [0.4, 0.5) is 5.82 Å². The zero-order chi connectivity index (χ0) is 8.27. The fourth-order valence-corrected chi connectivity index (χ4v) is 0.780. The van der Waals surface area contributed by atoms with Crippen molar-refractivity contribution in [2.24, 2.45) is 5.73 Å². The van der Waals surface area contributed by atoms with E-state index in [9.17, 15) is 0 Å². The summed E-state index contributed by atoms with van der Waals surface area (Å²) in [6.45, 7) is 0.305. The van der Waals surface area contributed by atoms with Crippen LogP contribution in [0.25, 0.3) is 0 Å². The quantitative estimate of drug-likeness (QED) is 0.586. The Morgan fingerprint density at radius 3 is 2.82 bits per heavy atom. The number of hydrogen-bond donors (Lipinski definition) is 2. The van der Waals surface area contributed by atoms with Crippen molar-refractivity contribution in [2.75, 3.05) is 5.73 Å². The molecule has 4 nitrogen and oxygen atoms in total. The van der Waals surface area contributed by atoms with E-state index in [1.165, 1.54) is 6.07 Å². The Bertz CT molecular complexity index is 300. The maximum atomic E-state index is 8.51. The number of aromatic nitrogens is 1. The summed E-state index contributed by atoms with van der Waals surface area (Å²) in [4.78, 5) is 3.90. The molecule has 1 rings (SSSR count). The largest absolute Gasteiger partial charge is 0.384 e. The van der Waals surface area contributed by atoms with Gasteiger partial charge >= 0.3 is 0 Å². The molecule has 1 heterocycles. The van der Waals surface area contributed by atoms with E-state index >= 15 is 0 Å². The summed E-state index contributed by atoms with van der Waals surface area (Å²) in [5, 5.41) is 8.51. The lowest BCUT2D eigenvalue weighted by molar-refractivity contribution is 0.993. The molecule has 0 atom stereocenters. The molecule has 4 N–H and O–H groups in total. The number of nitrogen functional groups attached to an aromatic ring is 1. The van der Waals surface area contributed by atoms with Crippen molar-refractivity contribution < 1.29 is 0 Å². The van der Waals surface area contributed by atoms with E-state index in [0.717, 1.165) is 0 Å². The predicted octanol–water partition coefficient (Wildman–Crippen LogP) is -0.00582. The average Bonchev–Trinajstić information content (AvgIpc) is 2.03. The van der Waals surface area contributed by atoms with Crippen molar-refractivity contribution in [3.05, 3.63) is 23.4 Å². The van der Waals surface area contributed by atoms with Gasteiger partial charge in [-0.15, -0.1) is 0 Å². The molecule has 0 spiro atoms. The van der Waals surface area contributed by atoms with E-state index in [0.29, 0.717) is 23.6 Å². The second-order valence-electron chi connectivity index (χ2n) is 2.09. The zero-order valence-electron chi connectivity index (χ0n) is 5.91. The monoisotopic (exact) mass is 148 g/mol. The normalized spacial score (nSPS) is 9.09. The molecule has 1 aromatic rings. The van der Waals surface area contributed by atoms with Crippen molar-refractivity contribution in [2.45, 2.75) is 6.54 Å². The number of nitriles is 1. The lowest BCUT2D eigenvalue weighted by Crippen LogP contribution is -2.02. The molecule has 0 amide bonds. The maximum absolute atomic E-state index is 8.51. The molecule has 0 aliphatic heterocycles. The number of rotatable bonds is 1. The molecule has 0 saturated carbocycles. The van der Waals surface area contributed by atoms with Crippen LogP contribution in [-0.2, 0) is 6.54 Å². The minimum atomic E-state index is 0.305. The Morgan fingerprint density at radius 1 is 1.55 bits per heavy atom. The maximum Gasteiger partial charge on any atom is 0.124 e. The Kier molecular flexibility index (Phi) is 2.04. The number of hydrogen-bond acceptors (Lipinski definition) is 4. The van der Waals surface area contributed by atoms with Gasteiger partial charge in [-0.3, -0.25) is 0 Å². The van der Waals surface area contributed by atoms with E-state index in [1.807, 2.05) is 6.07 Å². The fourth-order valence-electron chi connectivity index (χ4n) is 0.780. The number of anilines is 1. The molecular weight excluding hydrogens is 140 g/mol. The molecule has 0 radical (unpaired) electrons. The van der Waals surface area contributed by atoms with Crippen LogP contribution in [0.2, 0.25) is 0 Å². The first-order chi connectivity index (χ1) is 5.26. The highest BCUT2D eigenvalue weighted by molar-refractivity contribution is 5.40. The van der Waals surface area contributed by atoms with Gasteiger partial charge in [-0.2, -0.15) is 5.26 Å². The number of nitrogens with two attached hydrogens (primary N) is 2. The first-order valence-corrected chi connectivity index (χ1v) is 3.13. The third kappa shape index (κ3) is 1.66. The van der Waals surface area contributed by atoms with E-state index in [-0.39, 0.29) is 0 Å². The zero-order valence-corrected chi connectivity index (χ0v) is 5.91. The number of pyridine rings is 1. The van der Waals surface area contributed by atoms with Crippen LogP contribution in [-0.4, -0.2) is 4.98 Å². The van der Waals surface area contributed by atoms with Gasteiger partial charge in [0.15, 0.2) is 0 Å². The molecule has 4 heteroatoms. The molecule has 0 bridgehead atoms. The standard InChI is InChI=1S/C7H8N4/c8-3-5-1-6(4-9)11-7(10)2-5/h1-2H,4,9H2,(H2,10,11). The average molecular weight is 148 g/mol. The van der Waals surface area contributed by atoms with Crippen molar-refractivity contribution in [3.63, 3.8) is 0 Å². The highest BCUT2D eigenvalue weighted by Crippen LogP contribution is 2.05. The summed E-state index contributed by atoms with van der Waals surface area (Å²) in [6.07, 6.45) is 0. The molecule has 11 heavy (non-hydrogen) atoms. The van der Waals surface area contributed by atoms with Gasteiger partial charge in [-0.1, -0.05) is 0 Å². The first-order valence-electron chi connectivity index (χ1n) is 3.13. The van der Waals surface area contributed by atoms with Gasteiger partial charge in [0, 0.05) is 6.54 Å². The summed E-state index contributed by atoms with van der Waals surface area (Å²) in [7, 11) is 0. The second-order valence-corrected chi connectivity index (χ2v) is 2.09. The Morgan fingerprint density at radius 2 is 2.27 bits per heavy atom. The lowest BCUT2D eigenvalue weighted by Gasteiger charge is -1.97. The SMILES string of the molecule is N#Cc1cc(N)nc(CN)c1. The molecule has 0 unspecified atom stereocenters. The summed E-state index contributed by atoms with van der Waals surface area (Å²) >= 11 is 0. The van der Waals surface area contributed by atoms with Gasteiger partial charge in [-0.05, 0) is 12.1 Å². The predicted molar refractivity (Wildman–Crippen MR) is 41.3 cm³/mol. The van der Waals surface area contributed by atoms with Crippen LogP contribution in [0.15, 0.2) is 12.1 Å². The lowest BCUT2D eigenvalue weighted by atomic mass is 10.2. The summed E-state index contributed by atoms with van der Waals surface area (Å²) in [5.41, 5.74) is 11.8. The van der Waals surface area contributed by atoms with Crippen LogP contribution in [0.3, 0.4) is 0 Å². The van der Waals surface area contributed by atoms with Gasteiger partial charge < -0.3 is 11.5 Å². The van der Waals surface area contributed by atoms with Crippen LogP contribution >= 0.6 is 0 Å². The van der Waals surface area contributed by atoms with E-state index in [2.05, 4.69) is 4.98 Å². The second kappa shape index (κ2) is 2.99. The topological polar surface area (TPSA) is 88.7 Å². The molecule has 0 aromatic carbocycles. The third-order valence-electron chi connectivity index (χ3n) is 1.24. The highest BCUT2D eigenvalue weighted by atomic mass is 14.8. The molecular formula is C7H8N4. The minimum absolute atomic E-state index is 0.305. The Balaban J connectivity index is 3.15. The fraction of sp³-hybridized carbons (Fsp3) is 0.143. The first kappa shape index (κ1) is 7.51. The summed E-state index contributed by atoms with van der Waals surface area (Å²) in [6, 6.07) is 5.10. The molecule has 1 aromatic heterocycles. The molecule has 0 aliphatic carbocycles. The van der Waals surface area contributed by atoms with Crippen molar-refractivity contribution >= 4 is 5.82 Å². The Hall–Kier alpha value is -1.60. The van der Waals surface area contributed by atoms with Gasteiger partial charge in [0.2, 0.25) is 0 Å². The van der Waals surface area contributed by atoms with E-state index < -0.39 is 0 Å². The minimum Gasteiger partial charge on any atom is -0.384 e. The summed E-state index contributed by atoms with van der Waals surface area (Å²) in [5.74, 6) is 0.338. The number of nitrogens with zero attached hydrogens (tertiary/aromatic N) is 2. The summed E-state index contributed by atoms with van der Waals surface area (Å²) < 4.78 is 0. The molecule has 0 fully saturated rings. The van der Waals surface area contributed by atoms with E-state index in [4.69, 9.17) is 16.7 Å². The molecule has 56 valence electrons.